The summed E-state index contributed by atoms with van der Waals surface area (Å²) in [6.07, 6.45) is 0.433. The Labute approximate surface area is 91.4 Å². The van der Waals surface area contributed by atoms with E-state index in [9.17, 15) is 9.59 Å². The Hall–Kier alpha value is -0.960. The van der Waals surface area contributed by atoms with Crippen LogP contribution in [0.2, 0.25) is 0 Å². The summed E-state index contributed by atoms with van der Waals surface area (Å²) >= 11 is 3.11. The van der Waals surface area contributed by atoms with Crippen molar-refractivity contribution in [3.05, 3.63) is 35.4 Å². The van der Waals surface area contributed by atoms with Gasteiger partial charge in [-0.2, -0.15) is 0 Å². The van der Waals surface area contributed by atoms with E-state index in [1.165, 1.54) is 0 Å². The predicted octanol–water partition coefficient (Wildman–Crippen LogP) is 2.40. The Bertz CT molecular complexity index is 341. The van der Waals surface area contributed by atoms with E-state index >= 15 is 0 Å². The number of alkyl halides is 1. The number of halogens is 1. The highest BCUT2D eigenvalue weighted by molar-refractivity contribution is 9.09. The maximum atomic E-state index is 11.2. The van der Waals surface area contributed by atoms with Crippen molar-refractivity contribution in [3.8, 4) is 0 Å². The fourth-order valence-corrected chi connectivity index (χ4v) is 1.50. The molecule has 0 N–H and O–H groups in total. The average molecular weight is 255 g/mol. The number of carbonyl (C=O) groups is 2. The Morgan fingerprint density at radius 1 is 1.21 bits per heavy atom. The van der Waals surface area contributed by atoms with Gasteiger partial charge in [-0.05, 0) is 12.5 Å². The molecule has 0 saturated heterocycles. The molecule has 0 aliphatic rings. The minimum absolute atomic E-state index is 0.0550. The van der Waals surface area contributed by atoms with Crippen LogP contribution < -0.4 is 0 Å². The summed E-state index contributed by atoms with van der Waals surface area (Å²) in [4.78, 5) is 22.0. The predicted molar refractivity (Wildman–Crippen MR) is 59.0 cm³/mol. The minimum Gasteiger partial charge on any atom is -0.300 e. The summed E-state index contributed by atoms with van der Waals surface area (Å²) in [7, 11) is 0. The quantitative estimate of drug-likeness (QED) is 0.611. The van der Waals surface area contributed by atoms with Gasteiger partial charge in [-0.1, -0.05) is 40.2 Å². The lowest BCUT2D eigenvalue weighted by atomic mass is 10.1. The molecule has 3 heteroatoms. The highest BCUT2D eigenvalue weighted by atomic mass is 79.9. The van der Waals surface area contributed by atoms with Gasteiger partial charge < -0.3 is 0 Å². The molecule has 0 fully saturated rings. The first-order valence-corrected chi connectivity index (χ1v) is 5.43. The first kappa shape index (κ1) is 11.1. The van der Waals surface area contributed by atoms with Crippen LogP contribution in [-0.2, 0) is 11.2 Å². The highest BCUT2D eigenvalue weighted by Crippen LogP contribution is 2.07. The van der Waals surface area contributed by atoms with Crippen molar-refractivity contribution in [2.24, 2.45) is 0 Å². The molecule has 1 aromatic carbocycles. The molecular weight excluding hydrogens is 244 g/mol. The van der Waals surface area contributed by atoms with Crippen LogP contribution in [-0.4, -0.2) is 16.9 Å². The van der Waals surface area contributed by atoms with Crippen molar-refractivity contribution in [2.75, 3.05) is 5.33 Å². The molecule has 74 valence electrons. The van der Waals surface area contributed by atoms with Crippen LogP contribution in [0.15, 0.2) is 24.3 Å². The minimum atomic E-state index is 0.0550. The lowest BCUT2D eigenvalue weighted by Gasteiger charge is -1.99. The second-order valence-electron chi connectivity index (χ2n) is 3.13. The molecule has 0 aromatic heterocycles. The van der Waals surface area contributed by atoms with Crippen LogP contribution in [0.1, 0.15) is 22.8 Å². The van der Waals surface area contributed by atoms with Gasteiger partial charge in [0.25, 0.3) is 0 Å². The van der Waals surface area contributed by atoms with Gasteiger partial charge in [0, 0.05) is 12.0 Å². The fourth-order valence-electron chi connectivity index (χ4n) is 1.17. The van der Waals surface area contributed by atoms with Gasteiger partial charge in [-0.25, -0.2) is 0 Å². The Balaban J connectivity index is 2.78. The molecule has 0 unspecified atom stereocenters. The van der Waals surface area contributed by atoms with Crippen molar-refractivity contribution in [1.29, 1.82) is 0 Å². The Morgan fingerprint density at radius 3 is 2.21 bits per heavy atom. The number of hydrogen-bond acceptors (Lipinski definition) is 2. The SMILES string of the molecule is CC(=O)Cc1ccc(C(=O)CBr)cc1. The van der Waals surface area contributed by atoms with Crippen LogP contribution in [0.4, 0.5) is 0 Å². The molecule has 0 spiro atoms. The third kappa shape index (κ3) is 3.07. The second-order valence-corrected chi connectivity index (χ2v) is 3.69. The molecule has 1 rings (SSSR count). The van der Waals surface area contributed by atoms with Gasteiger partial charge in [-0.15, -0.1) is 0 Å². The standard InChI is InChI=1S/C11H11BrO2/c1-8(13)6-9-2-4-10(5-3-9)11(14)7-12/h2-5H,6-7H2,1H3. The summed E-state index contributed by atoms with van der Waals surface area (Å²) in [5.74, 6) is 0.184. The molecule has 0 amide bonds. The molecule has 2 nitrogen and oxygen atoms in total. The van der Waals surface area contributed by atoms with Crippen molar-refractivity contribution < 1.29 is 9.59 Å². The zero-order valence-electron chi connectivity index (χ0n) is 7.92. The molecule has 0 radical (unpaired) electrons. The van der Waals surface area contributed by atoms with E-state index < -0.39 is 0 Å². The van der Waals surface area contributed by atoms with Gasteiger partial charge in [-0.3, -0.25) is 9.59 Å². The van der Waals surface area contributed by atoms with Gasteiger partial charge in [0.1, 0.15) is 5.78 Å². The maximum Gasteiger partial charge on any atom is 0.173 e. The molecular formula is C11H11BrO2. The first-order valence-electron chi connectivity index (χ1n) is 4.31. The Morgan fingerprint density at radius 2 is 1.79 bits per heavy atom. The van der Waals surface area contributed by atoms with Gasteiger partial charge in [0.15, 0.2) is 5.78 Å². The highest BCUT2D eigenvalue weighted by Gasteiger charge is 2.03. The van der Waals surface area contributed by atoms with Gasteiger partial charge >= 0.3 is 0 Å². The first-order chi connectivity index (χ1) is 6.63. The van der Waals surface area contributed by atoms with Crippen LogP contribution in [0.3, 0.4) is 0 Å². The molecule has 0 saturated carbocycles. The van der Waals surface area contributed by atoms with Crippen molar-refractivity contribution in [2.45, 2.75) is 13.3 Å². The van der Waals surface area contributed by atoms with E-state index in [2.05, 4.69) is 15.9 Å². The molecule has 14 heavy (non-hydrogen) atoms. The van der Waals surface area contributed by atoms with E-state index in [0.29, 0.717) is 17.3 Å². The number of benzene rings is 1. The fraction of sp³-hybridized carbons (Fsp3) is 0.273. The van der Waals surface area contributed by atoms with E-state index in [0.717, 1.165) is 5.56 Å². The lowest BCUT2D eigenvalue weighted by Crippen LogP contribution is -2.01. The largest absolute Gasteiger partial charge is 0.300 e. The van der Waals surface area contributed by atoms with Gasteiger partial charge in [0.2, 0.25) is 0 Å². The lowest BCUT2D eigenvalue weighted by molar-refractivity contribution is -0.116. The molecule has 0 bridgehead atoms. The summed E-state index contributed by atoms with van der Waals surface area (Å²) < 4.78 is 0. The smallest absolute Gasteiger partial charge is 0.173 e. The van der Waals surface area contributed by atoms with E-state index in [4.69, 9.17) is 0 Å². The molecule has 0 heterocycles. The van der Waals surface area contributed by atoms with Gasteiger partial charge in [0.05, 0.1) is 5.33 Å². The third-order valence-corrected chi connectivity index (χ3v) is 2.36. The summed E-state index contributed by atoms with van der Waals surface area (Å²) in [6, 6.07) is 7.14. The normalized spacial score (nSPS) is 9.86. The van der Waals surface area contributed by atoms with Crippen molar-refractivity contribution in [1.82, 2.24) is 0 Å². The number of rotatable bonds is 4. The average Bonchev–Trinajstić information content (AvgIpc) is 2.17. The van der Waals surface area contributed by atoms with Crippen LogP contribution in [0.5, 0.6) is 0 Å². The third-order valence-electron chi connectivity index (χ3n) is 1.85. The molecule has 0 aliphatic carbocycles. The van der Waals surface area contributed by atoms with Crippen molar-refractivity contribution in [3.63, 3.8) is 0 Å². The van der Waals surface area contributed by atoms with Crippen LogP contribution >= 0.6 is 15.9 Å². The van der Waals surface area contributed by atoms with Crippen LogP contribution in [0.25, 0.3) is 0 Å². The number of Topliss-reactive ketones (excluding diaryl/α,β-unsaturated/α-hetero) is 2. The monoisotopic (exact) mass is 254 g/mol. The topological polar surface area (TPSA) is 34.1 Å². The maximum absolute atomic E-state index is 11.2. The zero-order valence-corrected chi connectivity index (χ0v) is 9.50. The molecule has 0 atom stereocenters. The number of ketones is 2. The molecule has 1 aromatic rings. The Kier molecular flexibility index (Phi) is 4.01. The second kappa shape index (κ2) is 5.05. The van der Waals surface area contributed by atoms with Crippen molar-refractivity contribution >= 4 is 27.5 Å². The summed E-state index contributed by atoms with van der Waals surface area (Å²) in [5, 5.41) is 0.332. The zero-order chi connectivity index (χ0) is 10.6. The number of carbonyl (C=O) groups excluding carboxylic acids is 2. The van der Waals surface area contributed by atoms with E-state index in [-0.39, 0.29) is 11.6 Å². The number of hydrogen-bond donors (Lipinski definition) is 0. The van der Waals surface area contributed by atoms with E-state index in [1.807, 2.05) is 12.1 Å². The summed E-state index contributed by atoms with van der Waals surface area (Å²) in [5.41, 5.74) is 1.62. The van der Waals surface area contributed by atoms with Crippen LogP contribution in [0, 0.1) is 0 Å². The molecule has 0 aliphatic heterocycles. The van der Waals surface area contributed by atoms with E-state index in [1.54, 1.807) is 19.1 Å². The summed E-state index contributed by atoms with van der Waals surface area (Å²) in [6.45, 7) is 1.55.